The fraction of sp³-hybridized carbons (Fsp3) is 0. The van der Waals surface area contributed by atoms with E-state index in [1.54, 1.807) is 6.08 Å². The fourth-order valence-electron chi connectivity index (χ4n) is 1.93. The minimum atomic E-state index is -0.188. The Morgan fingerprint density at radius 1 is 1.13 bits per heavy atom. The predicted octanol–water partition coefficient (Wildman–Crippen LogP) is 5.49. The maximum absolute atomic E-state index is 11.8. The van der Waals surface area contributed by atoms with E-state index in [0.29, 0.717) is 20.7 Å². The highest BCUT2D eigenvalue weighted by Crippen LogP contribution is 2.35. The minimum Gasteiger partial charge on any atom is -0.456 e. The first kappa shape index (κ1) is 16.7. The largest absolute Gasteiger partial charge is 0.456 e. The fourth-order valence-corrected chi connectivity index (χ4v) is 3.71. The first-order valence-electron chi connectivity index (χ1n) is 6.50. The second-order valence-corrected chi connectivity index (χ2v) is 8.06. The zero-order valence-electron chi connectivity index (χ0n) is 11.5. The van der Waals surface area contributed by atoms with Crippen LogP contribution in [0.3, 0.4) is 0 Å². The van der Waals surface area contributed by atoms with Crippen LogP contribution in [0.15, 0.2) is 56.3 Å². The zero-order chi connectivity index (χ0) is 16.4. The van der Waals surface area contributed by atoms with Crippen molar-refractivity contribution in [3.8, 4) is 11.5 Å². The van der Waals surface area contributed by atoms with E-state index in [9.17, 15) is 4.79 Å². The highest BCUT2D eigenvalue weighted by Gasteiger charge is 2.22. The molecule has 2 aromatic carbocycles. The lowest BCUT2D eigenvalue weighted by Crippen LogP contribution is -2.17. The van der Waals surface area contributed by atoms with Gasteiger partial charge in [-0.3, -0.25) is 4.79 Å². The second-order valence-electron chi connectivity index (χ2n) is 4.57. The summed E-state index contributed by atoms with van der Waals surface area (Å²) in [6, 6.07) is 13.2. The van der Waals surface area contributed by atoms with Gasteiger partial charge in [0.1, 0.15) is 15.8 Å². The predicted molar refractivity (Wildman–Crippen MR) is 105 cm³/mol. The molecule has 7 heteroatoms. The Kier molecular flexibility index (Phi) is 5.21. The van der Waals surface area contributed by atoms with E-state index in [1.807, 2.05) is 42.5 Å². The van der Waals surface area contributed by atoms with Crippen LogP contribution in [0.2, 0.25) is 0 Å². The van der Waals surface area contributed by atoms with Crippen molar-refractivity contribution in [2.75, 3.05) is 0 Å². The molecule has 0 unspecified atom stereocenters. The molecule has 1 aliphatic heterocycles. The first-order chi connectivity index (χ1) is 11.0. The number of hydrogen-bond acceptors (Lipinski definition) is 4. The van der Waals surface area contributed by atoms with Crippen LogP contribution in [-0.4, -0.2) is 10.2 Å². The van der Waals surface area contributed by atoms with E-state index in [0.717, 1.165) is 14.5 Å². The summed E-state index contributed by atoms with van der Waals surface area (Å²) in [5.74, 6) is 1.17. The lowest BCUT2D eigenvalue weighted by atomic mass is 10.2. The summed E-state index contributed by atoms with van der Waals surface area (Å²) >= 11 is 13.2. The third-order valence-electron chi connectivity index (χ3n) is 2.96. The molecule has 1 aliphatic rings. The molecule has 2 aromatic rings. The molecule has 3 nitrogen and oxygen atoms in total. The molecule has 1 fully saturated rings. The third kappa shape index (κ3) is 4.03. The molecule has 0 radical (unpaired) electrons. The number of para-hydroxylation sites is 1. The summed E-state index contributed by atoms with van der Waals surface area (Å²) in [6.07, 6.45) is 1.77. The molecule has 0 atom stereocenters. The van der Waals surface area contributed by atoms with Crippen LogP contribution in [0, 0.1) is 0 Å². The molecule has 0 aromatic heterocycles. The van der Waals surface area contributed by atoms with Gasteiger partial charge >= 0.3 is 0 Å². The quantitative estimate of drug-likeness (QED) is 0.475. The number of thiocarbonyl (C=S) groups is 1. The van der Waals surface area contributed by atoms with Gasteiger partial charge < -0.3 is 10.1 Å². The summed E-state index contributed by atoms with van der Waals surface area (Å²) in [7, 11) is 0. The van der Waals surface area contributed by atoms with Crippen LogP contribution >= 0.6 is 55.8 Å². The summed E-state index contributed by atoms with van der Waals surface area (Å²) in [5, 5.41) is 2.61. The van der Waals surface area contributed by atoms with E-state index < -0.39 is 0 Å². The number of amides is 1. The number of carbonyl (C=O) groups is 1. The SMILES string of the molecule is O=C1NC(=S)S/C1=C/c1cc(Br)ccc1Oc1ccccc1Br. The number of ether oxygens (including phenoxy) is 1. The van der Waals surface area contributed by atoms with Crippen molar-refractivity contribution in [1.29, 1.82) is 0 Å². The van der Waals surface area contributed by atoms with Gasteiger partial charge in [0.15, 0.2) is 0 Å². The van der Waals surface area contributed by atoms with Crippen molar-refractivity contribution in [1.82, 2.24) is 5.32 Å². The van der Waals surface area contributed by atoms with Gasteiger partial charge in [0.2, 0.25) is 0 Å². The van der Waals surface area contributed by atoms with Gasteiger partial charge in [0.25, 0.3) is 5.91 Å². The molecule has 0 saturated carbocycles. The molecule has 0 aliphatic carbocycles. The van der Waals surface area contributed by atoms with Gasteiger partial charge in [-0.15, -0.1) is 0 Å². The van der Waals surface area contributed by atoms with E-state index >= 15 is 0 Å². The molecule has 1 saturated heterocycles. The highest BCUT2D eigenvalue weighted by atomic mass is 79.9. The Balaban J connectivity index is 1.99. The average molecular weight is 471 g/mol. The molecular weight excluding hydrogens is 462 g/mol. The molecule has 3 rings (SSSR count). The Hall–Kier alpha value is -1.15. The Morgan fingerprint density at radius 3 is 2.61 bits per heavy atom. The number of thioether (sulfide) groups is 1. The highest BCUT2D eigenvalue weighted by molar-refractivity contribution is 9.10. The molecule has 1 N–H and O–H groups in total. The van der Waals surface area contributed by atoms with Crippen molar-refractivity contribution in [3.63, 3.8) is 0 Å². The first-order valence-corrected chi connectivity index (χ1v) is 9.31. The molecule has 1 amide bonds. The van der Waals surface area contributed by atoms with E-state index in [4.69, 9.17) is 17.0 Å². The monoisotopic (exact) mass is 469 g/mol. The lowest BCUT2D eigenvalue weighted by molar-refractivity contribution is -0.115. The maximum atomic E-state index is 11.8. The van der Waals surface area contributed by atoms with Crippen molar-refractivity contribution >= 4 is 72.1 Å². The Bertz CT molecular complexity index is 837. The number of carbonyl (C=O) groups excluding carboxylic acids is 1. The number of nitrogens with one attached hydrogen (secondary N) is 1. The maximum Gasteiger partial charge on any atom is 0.263 e. The van der Waals surface area contributed by atoms with E-state index in [1.165, 1.54) is 11.8 Å². The van der Waals surface area contributed by atoms with Crippen LogP contribution < -0.4 is 10.1 Å². The van der Waals surface area contributed by atoms with Gasteiger partial charge in [-0.25, -0.2) is 0 Å². The van der Waals surface area contributed by atoms with Crippen LogP contribution in [-0.2, 0) is 4.79 Å². The number of hydrogen-bond donors (Lipinski definition) is 1. The van der Waals surface area contributed by atoms with Crippen molar-refractivity contribution in [3.05, 3.63) is 61.9 Å². The summed E-state index contributed by atoms with van der Waals surface area (Å²) in [6.45, 7) is 0. The summed E-state index contributed by atoms with van der Waals surface area (Å²) in [4.78, 5) is 12.4. The molecule has 116 valence electrons. The van der Waals surface area contributed by atoms with Gasteiger partial charge in [-0.2, -0.15) is 0 Å². The molecule has 1 heterocycles. The van der Waals surface area contributed by atoms with Crippen molar-refractivity contribution < 1.29 is 9.53 Å². The van der Waals surface area contributed by atoms with Gasteiger partial charge in [-0.1, -0.05) is 52.0 Å². The van der Waals surface area contributed by atoms with Crippen LogP contribution in [0.5, 0.6) is 11.5 Å². The van der Waals surface area contributed by atoms with Gasteiger partial charge in [-0.05, 0) is 52.3 Å². The standard InChI is InChI=1S/C16H9Br2NO2S2/c17-10-5-6-12(21-13-4-2-1-3-11(13)18)9(7-10)8-14-15(20)19-16(22)23-14/h1-8H,(H,19,20,22)/b14-8+. The Morgan fingerprint density at radius 2 is 1.91 bits per heavy atom. The number of benzene rings is 2. The molecule has 0 spiro atoms. The Labute approximate surface area is 159 Å². The normalized spacial score (nSPS) is 15.8. The minimum absolute atomic E-state index is 0.188. The second kappa shape index (κ2) is 7.17. The lowest BCUT2D eigenvalue weighted by Gasteiger charge is -2.11. The molecular formula is C16H9Br2NO2S2. The van der Waals surface area contributed by atoms with E-state index in [2.05, 4.69) is 37.2 Å². The van der Waals surface area contributed by atoms with E-state index in [-0.39, 0.29) is 5.91 Å². The average Bonchev–Trinajstić information content (AvgIpc) is 2.82. The van der Waals surface area contributed by atoms with Crippen LogP contribution in [0.25, 0.3) is 6.08 Å². The summed E-state index contributed by atoms with van der Waals surface area (Å²) < 4.78 is 8.20. The van der Waals surface area contributed by atoms with Crippen LogP contribution in [0.4, 0.5) is 0 Å². The van der Waals surface area contributed by atoms with Crippen molar-refractivity contribution in [2.24, 2.45) is 0 Å². The topological polar surface area (TPSA) is 38.3 Å². The van der Waals surface area contributed by atoms with Crippen LogP contribution in [0.1, 0.15) is 5.56 Å². The molecule has 0 bridgehead atoms. The zero-order valence-corrected chi connectivity index (χ0v) is 16.3. The smallest absolute Gasteiger partial charge is 0.263 e. The number of halogens is 2. The van der Waals surface area contributed by atoms with Crippen molar-refractivity contribution in [2.45, 2.75) is 0 Å². The number of rotatable bonds is 3. The third-order valence-corrected chi connectivity index (χ3v) is 5.27. The summed E-state index contributed by atoms with van der Waals surface area (Å²) in [5.41, 5.74) is 0.789. The van der Waals surface area contributed by atoms with Gasteiger partial charge in [0.05, 0.1) is 9.38 Å². The molecule has 23 heavy (non-hydrogen) atoms. The van der Waals surface area contributed by atoms with Gasteiger partial charge in [0, 0.05) is 10.0 Å².